The number of carbonyl (C=O) groups is 1. The Labute approximate surface area is 130 Å². The van der Waals surface area contributed by atoms with Crippen LogP contribution in [0, 0.1) is 5.92 Å². The van der Waals surface area contributed by atoms with Gasteiger partial charge in [0.1, 0.15) is 5.52 Å². The van der Waals surface area contributed by atoms with Crippen molar-refractivity contribution in [1.82, 2.24) is 19.5 Å². The summed E-state index contributed by atoms with van der Waals surface area (Å²) in [6, 6.07) is 0.153. The molecule has 2 fully saturated rings. The van der Waals surface area contributed by atoms with Gasteiger partial charge in [-0.1, -0.05) is 11.6 Å². The van der Waals surface area contributed by atoms with Crippen LogP contribution >= 0.6 is 11.6 Å². The van der Waals surface area contributed by atoms with Gasteiger partial charge in [-0.25, -0.2) is 9.78 Å². The SMILES string of the molecule is Nc1nc(Cl)c2ncn([C@@H]3C[C@H]4C[C@H](C(=O)O)O[C@H]4C3)c2n1. The number of anilines is 1. The summed E-state index contributed by atoms with van der Waals surface area (Å²) in [4.78, 5) is 23.4. The zero-order valence-electron chi connectivity index (χ0n) is 11.5. The molecule has 0 bridgehead atoms. The van der Waals surface area contributed by atoms with E-state index in [2.05, 4.69) is 15.0 Å². The van der Waals surface area contributed by atoms with Crippen LogP contribution in [-0.4, -0.2) is 42.8 Å². The van der Waals surface area contributed by atoms with Crippen molar-refractivity contribution in [2.24, 2.45) is 5.92 Å². The van der Waals surface area contributed by atoms with E-state index in [-0.39, 0.29) is 29.2 Å². The van der Waals surface area contributed by atoms with Crippen molar-refractivity contribution in [2.45, 2.75) is 37.5 Å². The van der Waals surface area contributed by atoms with Gasteiger partial charge in [0.05, 0.1) is 12.4 Å². The lowest BCUT2D eigenvalue weighted by atomic mass is 10.0. The molecule has 9 heteroatoms. The van der Waals surface area contributed by atoms with Gasteiger partial charge in [-0.3, -0.25) is 0 Å². The fraction of sp³-hybridized carbons (Fsp3) is 0.538. The smallest absolute Gasteiger partial charge is 0.332 e. The minimum atomic E-state index is -0.883. The molecule has 3 N–H and O–H groups in total. The van der Waals surface area contributed by atoms with Gasteiger partial charge in [0, 0.05) is 6.04 Å². The monoisotopic (exact) mass is 323 g/mol. The Bertz CT molecular complexity index is 749. The number of nitrogens with zero attached hydrogens (tertiary/aromatic N) is 4. The Balaban J connectivity index is 1.62. The third-order valence-electron chi connectivity index (χ3n) is 4.53. The van der Waals surface area contributed by atoms with E-state index in [9.17, 15) is 4.79 Å². The Morgan fingerprint density at radius 2 is 2.23 bits per heavy atom. The summed E-state index contributed by atoms with van der Waals surface area (Å²) in [7, 11) is 0. The number of fused-ring (bicyclic) bond motifs is 2. The fourth-order valence-electron chi connectivity index (χ4n) is 3.57. The summed E-state index contributed by atoms with van der Waals surface area (Å²) in [6.45, 7) is 0. The minimum Gasteiger partial charge on any atom is -0.479 e. The van der Waals surface area contributed by atoms with Gasteiger partial charge >= 0.3 is 5.97 Å². The second kappa shape index (κ2) is 4.79. The molecule has 8 nitrogen and oxygen atoms in total. The second-order valence-electron chi connectivity index (χ2n) is 5.82. The Morgan fingerprint density at radius 1 is 1.41 bits per heavy atom. The highest BCUT2D eigenvalue weighted by Gasteiger charge is 2.45. The predicted octanol–water partition coefficient (Wildman–Crippen LogP) is 1.26. The van der Waals surface area contributed by atoms with Gasteiger partial charge in [0.2, 0.25) is 5.95 Å². The molecule has 0 aromatic carbocycles. The third kappa shape index (κ3) is 2.02. The molecule has 2 aromatic heterocycles. The van der Waals surface area contributed by atoms with Crippen molar-refractivity contribution < 1.29 is 14.6 Å². The number of ether oxygens (including phenoxy) is 1. The van der Waals surface area contributed by atoms with Gasteiger partial charge in [-0.15, -0.1) is 0 Å². The first-order chi connectivity index (χ1) is 10.5. The molecule has 0 unspecified atom stereocenters. The summed E-state index contributed by atoms with van der Waals surface area (Å²) in [5, 5.41) is 9.27. The van der Waals surface area contributed by atoms with E-state index in [1.165, 1.54) is 0 Å². The van der Waals surface area contributed by atoms with Crippen LogP contribution in [0.1, 0.15) is 25.3 Å². The molecule has 4 atom stereocenters. The quantitative estimate of drug-likeness (QED) is 0.799. The zero-order valence-corrected chi connectivity index (χ0v) is 12.3. The lowest BCUT2D eigenvalue weighted by molar-refractivity contribution is -0.149. The summed E-state index contributed by atoms with van der Waals surface area (Å²) in [5.74, 6) is -0.524. The van der Waals surface area contributed by atoms with Crippen LogP contribution in [0.3, 0.4) is 0 Å². The molecule has 22 heavy (non-hydrogen) atoms. The van der Waals surface area contributed by atoms with Gasteiger partial charge in [-0.2, -0.15) is 9.97 Å². The molecule has 116 valence electrons. The molecule has 0 amide bonds. The zero-order chi connectivity index (χ0) is 15.4. The molecule has 2 aromatic rings. The minimum absolute atomic E-state index is 0.0294. The van der Waals surface area contributed by atoms with Crippen LogP contribution in [0.25, 0.3) is 11.2 Å². The average Bonchev–Trinajstić information content (AvgIpc) is 3.08. The second-order valence-corrected chi connectivity index (χ2v) is 6.18. The highest BCUT2D eigenvalue weighted by Crippen LogP contribution is 2.45. The molecule has 4 rings (SSSR count). The number of rotatable bonds is 2. The third-order valence-corrected chi connectivity index (χ3v) is 4.79. The Hall–Kier alpha value is -1.93. The maximum absolute atomic E-state index is 11.0. The van der Waals surface area contributed by atoms with Crippen LogP contribution in [0.4, 0.5) is 5.95 Å². The number of aliphatic carboxylic acids is 1. The van der Waals surface area contributed by atoms with E-state index in [0.29, 0.717) is 17.6 Å². The van der Waals surface area contributed by atoms with E-state index < -0.39 is 12.1 Å². The van der Waals surface area contributed by atoms with Gasteiger partial charge in [0.15, 0.2) is 16.9 Å². The van der Waals surface area contributed by atoms with E-state index in [4.69, 9.17) is 27.2 Å². The molecule has 1 aliphatic heterocycles. The van der Waals surface area contributed by atoms with Gasteiger partial charge < -0.3 is 20.1 Å². The van der Waals surface area contributed by atoms with Crippen molar-refractivity contribution >= 4 is 34.7 Å². The van der Waals surface area contributed by atoms with E-state index >= 15 is 0 Å². The molecular formula is C13H14ClN5O3. The number of carboxylic acids is 1. The molecule has 1 saturated heterocycles. The van der Waals surface area contributed by atoms with Crippen LogP contribution in [0.5, 0.6) is 0 Å². The number of halogens is 1. The van der Waals surface area contributed by atoms with Gasteiger partial charge in [-0.05, 0) is 25.2 Å². The fourth-order valence-corrected chi connectivity index (χ4v) is 3.79. The predicted molar refractivity (Wildman–Crippen MR) is 77.4 cm³/mol. The van der Waals surface area contributed by atoms with Crippen molar-refractivity contribution in [3.63, 3.8) is 0 Å². The first-order valence-electron chi connectivity index (χ1n) is 7.06. The molecular weight excluding hydrogens is 310 g/mol. The number of nitrogens with two attached hydrogens (primary N) is 1. The lowest BCUT2D eigenvalue weighted by Crippen LogP contribution is -2.21. The van der Waals surface area contributed by atoms with Crippen molar-refractivity contribution in [2.75, 3.05) is 5.73 Å². The van der Waals surface area contributed by atoms with E-state index in [1.807, 2.05) is 4.57 Å². The molecule has 1 aliphatic carbocycles. The lowest BCUT2D eigenvalue weighted by Gasteiger charge is -2.15. The number of nitrogen functional groups attached to an aromatic ring is 1. The first-order valence-corrected chi connectivity index (χ1v) is 7.44. The van der Waals surface area contributed by atoms with E-state index in [0.717, 1.165) is 12.8 Å². The first kappa shape index (κ1) is 13.7. The molecule has 0 spiro atoms. The average molecular weight is 324 g/mol. The summed E-state index contributed by atoms with van der Waals surface area (Å²) in [6.07, 6.45) is 3.11. The summed E-state index contributed by atoms with van der Waals surface area (Å²) < 4.78 is 7.56. The van der Waals surface area contributed by atoms with Crippen LogP contribution in [-0.2, 0) is 9.53 Å². The number of hydrogen-bond donors (Lipinski definition) is 2. The normalized spacial score (nSPS) is 30.8. The highest BCUT2D eigenvalue weighted by atomic mass is 35.5. The summed E-state index contributed by atoms with van der Waals surface area (Å²) >= 11 is 6.04. The van der Waals surface area contributed by atoms with Gasteiger partial charge in [0.25, 0.3) is 0 Å². The topological polar surface area (TPSA) is 116 Å². The van der Waals surface area contributed by atoms with Crippen molar-refractivity contribution in [3.05, 3.63) is 11.5 Å². The number of carboxylic acid groups (broad SMARTS) is 1. The molecule has 2 aliphatic rings. The maximum atomic E-state index is 11.0. The van der Waals surface area contributed by atoms with E-state index in [1.54, 1.807) is 6.33 Å². The standard InChI is InChI=1S/C13H14ClN5O3/c14-10-9-11(18-13(15)17-10)19(4-16-9)6-1-5-2-8(12(20)21)22-7(5)3-6/h4-8H,1-3H2,(H,20,21)(H2,15,17,18)/t5-,6+,7-,8+/m0/s1. The van der Waals surface area contributed by atoms with Crippen LogP contribution in [0.15, 0.2) is 6.33 Å². The largest absolute Gasteiger partial charge is 0.479 e. The molecule has 0 radical (unpaired) electrons. The Kier molecular flexibility index (Phi) is 2.98. The maximum Gasteiger partial charge on any atom is 0.332 e. The van der Waals surface area contributed by atoms with Crippen molar-refractivity contribution in [3.8, 4) is 0 Å². The summed E-state index contributed by atoms with van der Waals surface area (Å²) in [5.41, 5.74) is 6.79. The highest BCUT2D eigenvalue weighted by molar-refractivity contribution is 6.33. The molecule has 1 saturated carbocycles. The number of aromatic nitrogens is 4. The van der Waals surface area contributed by atoms with Crippen LogP contribution < -0.4 is 5.73 Å². The van der Waals surface area contributed by atoms with Crippen molar-refractivity contribution in [1.29, 1.82) is 0 Å². The molecule has 3 heterocycles. The number of imidazole rings is 1. The van der Waals surface area contributed by atoms with Crippen LogP contribution in [0.2, 0.25) is 5.15 Å². The Morgan fingerprint density at radius 3 is 2.95 bits per heavy atom. The number of hydrogen-bond acceptors (Lipinski definition) is 6.